The summed E-state index contributed by atoms with van der Waals surface area (Å²) >= 11 is 0. The molecule has 1 heterocycles. The lowest BCUT2D eigenvalue weighted by Gasteiger charge is -2.17. The molecule has 0 atom stereocenters. The summed E-state index contributed by atoms with van der Waals surface area (Å²) in [5.41, 5.74) is 11.1. The van der Waals surface area contributed by atoms with E-state index in [1.807, 2.05) is 72.8 Å². The lowest BCUT2D eigenvalue weighted by Crippen LogP contribution is -2.11. The Labute approximate surface area is 250 Å². The molecule has 9 nitrogen and oxygen atoms in total. The number of amides is 1. The van der Waals surface area contributed by atoms with Gasteiger partial charge in [0.15, 0.2) is 11.5 Å². The molecule has 0 saturated heterocycles. The zero-order chi connectivity index (χ0) is 30.5. The van der Waals surface area contributed by atoms with E-state index in [0.29, 0.717) is 35.2 Å². The van der Waals surface area contributed by atoms with Crippen molar-refractivity contribution in [2.75, 3.05) is 35.5 Å². The van der Waals surface area contributed by atoms with Crippen molar-refractivity contribution in [3.05, 3.63) is 96.1 Å². The summed E-state index contributed by atoms with van der Waals surface area (Å²) < 4.78 is 29.9. The van der Waals surface area contributed by atoms with E-state index in [-0.39, 0.29) is 0 Å². The highest BCUT2D eigenvalue weighted by atomic mass is 16.5. The van der Waals surface area contributed by atoms with Crippen molar-refractivity contribution in [1.29, 1.82) is 0 Å². The van der Waals surface area contributed by atoms with Gasteiger partial charge in [-0.05, 0) is 78.4 Å². The maximum atomic E-state index is 11.7. The molecule has 0 unspecified atom stereocenters. The standard InChI is InChI=1S/C34H33N3O6/c1-39-26-14-10-22(11-15-26)30-31(23-12-16-27(40-2)17-13-23)37(20-21-6-8-24(9-7-21)33(35)38)34(36-30)25-18-28(41-3)32(43-5)29(19-25)42-4/h6-19H,20H2,1-5H3,(H2,35,38). The zero-order valence-electron chi connectivity index (χ0n) is 24.7. The van der Waals surface area contributed by atoms with Gasteiger partial charge in [0.1, 0.15) is 17.3 Å². The van der Waals surface area contributed by atoms with Crippen molar-refractivity contribution in [3.8, 4) is 62.7 Å². The van der Waals surface area contributed by atoms with Crippen LogP contribution in [0.4, 0.5) is 0 Å². The lowest BCUT2D eigenvalue weighted by molar-refractivity contribution is 0.1000. The predicted molar refractivity (Wildman–Crippen MR) is 165 cm³/mol. The average molecular weight is 580 g/mol. The van der Waals surface area contributed by atoms with E-state index in [1.165, 1.54) is 0 Å². The molecular formula is C34H33N3O6. The highest BCUT2D eigenvalue weighted by molar-refractivity contribution is 5.92. The Bertz CT molecular complexity index is 1700. The molecule has 5 aromatic rings. The number of ether oxygens (including phenoxy) is 5. The van der Waals surface area contributed by atoms with Crippen LogP contribution in [0.15, 0.2) is 84.9 Å². The van der Waals surface area contributed by atoms with Crippen LogP contribution in [0.3, 0.4) is 0 Å². The number of carbonyl (C=O) groups is 1. The Kier molecular flexibility index (Phi) is 8.52. The average Bonchev–Trinajstić information content (AvgIpc) is 3.43. The van der Waals surface area contributed by atoms with Crippen LogP contribution >= 0.6 is 0 Å². The maximum absolute atomic E-state index is 11.7. The van der Waals surface area contributed by atoms with Crippen molar-refractivity contribution >= 4 is 5.91 Å². The lowest BCUT2D eigenvalue weighted by atomic mass is 10.0. The second-order valence-electron chi connectivity index (χ2n) is 9.65. The quantitative estimate of drug-likeness (QED) is 0.202. The van der Waals surface area contributed by atoms with Gasteiger partial charge in [-0.2, -0.15) is 0 Å². The largest absolute Gasteiger partial charge is 0.497 e. The summed E-state index contributed by atoms with van der Waals surface area (Å²) in [6.07, 6.45) is 0. The van der Waals surface area contributed by atoms with Crippen LogP contribution in [-0.4, -0.2) is 51.0 Å². The Morgan fingerprint density at radius 1 is 0.674 bits per heavy atom. The number of rotatable bonds is 11. The van der Waals surface area contributed by atoms with Gasteiger partial charge in [0.05, 0.1) is 46.9 Å². The molecule has 0 aliphatic rings. The molecule has 5 rings (SSSR count). The second-order valence-corrected chi connectivity index (χ2v) is 9.65. The van der Waals surface area contributed by atoms with E-state index >= 15 is 0 Å². The topological polar surface area (TPSA) is 107 Å². The Morgan fingerprint density at radius 2 is 1.21 bits per heavy atom. The zero-order valence-corrected chi connectivity index (χ0v) is 24.7. The molecule has 0 saturated carbocycles. The number of primary amides is 1. The van der Waals surface area contributed by atoms with Crippen molar-refractivity contribution < 1.29 is 28.5 Å². The smallest absolute Gasteiger partial charge is 0.248 e. The summed E-state index contributed by atoms with van der Waals surface area (Å²) in [6.45, 7) is 0.440. The molecule has 4 aromatic carbocycles. The number of aromatic nitrogens is 2. The van der Waals surface area contributed by atoms with Crippen molar-refractivity contribution in [2.24, 2.45) is 5.73 Å². The summed E-state index contributed by atoms with van der Waals surface area (Å²) in [7, 11) is 8.01. The van der Waals surface area contributed by atoms with Crippen LogP contribution in [-0.2, 0) is 6.54 Å². The molecule has 0 aliphatic carbocycles. The fourth-order valence-corrected chi connectivity index (χ4v) is 4.99. The third-order valence-corrected chi connectivity index (χ3v) is 7.20. The number of hydrogen-bond donors (Lipinski definition) is 1. The van der Waals surface area contributed by atoms with Gasteiger partial charge in [-0.3, -0.25) is 4.79 Å². The van der Waals surface area contributed by atoms with Gasteiger partial charge in [0, 0.05) is 28.8 Å². The molecule has 1 aromatic heterocycles. The number of carbonyl (C=O) groups excluding carboxylic acids is 1. The van der Waals surface area contributed by atoms with E-state index in [2.05, 4.69) is 4.57 Å². The molecule has 1 amide bonds. The minimum Gasteiger partial charge on any atom is -0.497 e. The first-order valence-electron chi connectivity index (χ1n) is 13.5. The van der Waals surface area contributed by atoms with E-state index in [1.54, 1.807) is 47.7 Å². The van der Waals surface area contributed by atoms with Gasteiger partial charge in [-0.15, -0.1) is 0 Å². The molecule has 2 N–H and O–H groups in total. The number of imidazole rings is 1. The third-order valence-electron chi connectivity index (χ3n) is 7.20. The van der Waals surface area contributed by atoms with E-state index in [9.17, 15) is 4.79 Å². The fraction of sp³-hybridized carbons (Fsp3) is 0.176. The van der Waals surface area contributed by atoms with Gasteiger partial charge in [-0.1, -0.05) is 12.1 Å². The van der Waals surface area contributed by atoms with Gasteiger partial charge >= 0.3 is 0 Å². The highest BCUT2D eigenvalue weighted by Crippen LogP contribution is 2.44. The van der Waals surface area contributed by atoms with Crippen LogP contribution in [0.5, 0.6) is 28.7 Å². The molecule has 220 valence electrons. The SMILES string of the molecule is COc1ccc(-c2nc(-c3cc(OC)c(OC)c(OC)c3)n(Cc3ccc(C(N)=O)cc3)c2-c2ccc(OC)cc2)cc1. The van der Waals surface area contributed by atoms with Gasteiger partial charge < -0.3 is 34.0 Å². The van der Waals surface area contributed by atoms with Crippen molar-refractivity contribution in [3.63, 3.8) is 0 Å². The fourth-order valence-electron chi connectivity index (χ4n) is 4.99. The van der Waals surface area contributed by atoms with Crippen molar-refractivity contribution in [1.82, 2.24) is 9.55 Å². The Balaban J connectivity index is 1.81. The number of nitrogens with two attached hydrogens (primary N) is 1. The van der Waals surface area contributed by atoms with Crippen LogP contribution in [0.2, 0.25) is 0 Å². The second kappa shape index (κ2) is 12.6. The third kappa shape index (κ3) is 5.83. The Hall–Kier alpha value is -5.44. The van der Waals surface area contributed by atoms with Crippen LogP contribution < -0.4 is 29.4 Å². The van der Waals surface area contributed by atoms with Crippen molar-refractivity contribution in [2.45, 2.75) is 6.54 Å². The normalized spacial score (nSPS) is 10.7. The highest BCUT2D eigenvalue weighted by Gasteiger charge is 2.24. The van der Waals surface area contributed by atoms with Crippen LogP contribution in [0, 0.1) is 0 Å². The molecule has 43 heavy (non-hydrogen) atoms. The number of methoxy groups -OCH3 is 5. The first-order chi connectivity index (χ1) is 20.9. The van der Waals surface area contributed by atoms with Gasteiger partial charge in [-0.25, -0.2) is 4.98 Å². The molecule has 0 spiro atoms. The summed E-state index contributed by atoms with van der Waals surface area (Å²) in [5.74, 6) is 3.19. The molecule has 0 fully saturated rings. The molecular weight excluding hydrogens is 546 g/mol. The predicted octanol–water partition coefficient (Wildman–Crippen LogP) is 6.07. The minimum atomic E-state index is -0.479. The minimum absolute atomic E-state index is 0.438. The van der Waals surface area contributed by atoms with Crippen LogP contribution in [0.25, 0.3) is 33.9 Å². The number of hydrogen-bond acceptors (Lipinski definition) is 7. The first kappa shape index (κ1) is 29.1. The van der Waals surface area contributed by atoms with Crippen LogP contribution in [0.1, 0.15) is 15.9 Å². The monoisotopic (exact) mass is 579 g/mol. The van der Waals surface area contributed by atoms with E-state index < -0.39 is 5.91 Å². The molecule has 0 bridgehead atoms. The molecule has 9 heteroatoms. The number of nitrogens with zero attached hydrogens (tertiary/aromatic N) is 2. The van der Waals surface area contributed by atoms with E-state index in [0.717, 1.165) is 45.1 Å². The first-order valence-corrected chi connectivity index (χ1v) is 13.5. The summed E-state index contributed by atoms with van der Waals surface area (Å²) in [5, 5.41) is 0. The summed E-state index contributed by atoms with van der Waals surface area (Å²) in [4.78, 5) is 17.0. The number of benzene rings is 4. The Morgan fingerprint density at radius 3 is 1.67 bits per heavy atom. The van der Waals surface area contributed by atoms with E-state index in [4.69, 9.17) is 34.4 Å². The van der Waals surface area contributed by atoms with Gasteiger partial charge in [0.2, 0.25) is 11.7 Å². The maximum Gasteiger partial charge on any atom is 0.248 e. The summed E-state index contributed by atoms with van der Waals surface area (Å²) in [6, 6.07) is 26.7. The molecule has 0 aliphatic heterocycles. The van der Waals surface area contributed by atoms with Gasteiger partial charge in [0.25, 0.3) is 0 Å². The molecule has 0 radical (unpaired) electrons.